The summed E-state index contributed by atoms with van der Waals surface area (Å²) in [5.74, 6) is -1.04. The van der Waals surface area contributed by atoms with E-state index in [0.717, 1.165) is 10.9 Å². The van der Waals surface area contributed by atoms with Gasteiger partial charge in [0, 0.05) is 10.9 Å². The molecule has 0 radical (unpaired) electrons. The molecule has 0 aliphatic carbocycles. The minimum atomic E-state index is -1.04. The Bertz CT molecular complexity index is 699. The molecule has 0 unspecified atom stereocenters. The standard InChI is InChI=1S/C11H7N3O3/c15-11(16)9-4-8(13-14-9)6-1-2-7-5-12-17-10(7)3-6/h1-5H,(H,13,14)(H,15,16). The predicted octanol–water partition coefficient (Wildman–Crippen LogP) is 1.92. The quantitative estimate of drug-likeness (QED) is 0.700. The van der Waals surface area contributed by atoms with Gasteiger partial charge in [-0.3, -0.25) is 5.10 Å². The van der Waals surface area contributed by atoms with E-state index >= 15 is 0 Å². The Kier molecular flexibility index (Phi) is 1.94. The van der Waals surface area contributed by atoms with E-state index < -0.39 is 5.97 Å². The molecule has 1 aromatic carbocycles. The molecular weight excluding hydrogens is 222 g/mol. The smallest absolute Gasteiger partial charge is 0.353 e. The lowest BCUT2D eigenvalue weighted by atomic mass is 10.1. The summed E-state index contributed by atoms with van der Waals surface area (Å²) < 4.78 is 5.03. The summed E-state index contributed by atoms with van der Waals surface area (Å²) >= 11 is 0. The van der Waals surface area contributed by atoms with E-state index in [9.17, 15) is 4.79 Å². The van der Waals surface area contributed by atoms with Crippen molar-refractivity contribution < 1.29 is 14.4 Å². The van der Waals surface area contributed by atoms with Crippen molar-refractivity contribution in [3.8, 4) is 11.3 Å². The van der Waals surface area contributed by atoms with Crippen molar-refractivity contribution in [3.63, 3.8) is 0 Å². The van der Waals surface area contributed by atoms with Crippen LogP contribution in [0, 0.1) is 0 Å². The first-order chi connectivity index (χ1) is 8.24. The minimum Gasteiger partial charge on any atom is -0.477 e. The van der Waals surface area contributed by atoms with Crippen molar-refractivity contribution in [2.24, 2.45) is 0 Å². The number of aromatic nitrogens is 3. The molecule has 0 fully saturated rings. The van der Waals surface area contributed by atoms with E-state index in [1.165, 1.54) is 6.07 Å². The fraction of sp³-hybridized carbons (Fsp3) is 0. The average molecular weight is 229 g/mol. The Labute approximate surface area is 94.9 Å². The largest absolute Gasteiger partial charge is 0.477 e. The van der Waals surface area contributed by atoms with Gasteiger partial charge in [-0.2, -0.15) is 5.10 Å². The molecule has 2 heterocycles. The van der Waals surface area contributed by atoms with E-state index in [1.54, 1.807) is 12.3 Å². The second-order valence-corrected chi connectivity index (χ2v) is 3.55. The Balaban J connectivity index is 2.09. The third kappa shape index (κ3) is 1.55. The monoisotopic (exact) mass is 229 g/mol. The zero-order valence-corrected chi connectivity index (χ0v) is 8.54. The van der Waals surface area contributed by atoms with Gasteiger partial charge in [-0.05, 0) is 18.2 Å². The van der Waals surface area contributed by atoms with Crippen LogP contribution in [0.4, 0.5) is 0 Å². The number of benzene rings is 1. The van der Waals surface area contributed by atoms with Crippen LogP contribution in [0.1, 0.15) is 10.5 Å². The van der Waals surface area contributed by atoms with Crippen molar-refractivity contribution in [2.75, 3.05) is 0 Å². The van der Waals surface area contributed by atoms with Crippen LogP contribution >= 0.6 is 0 Å². The van der Waals surface area contributed by atoms with Crippen molar-refractivity contribution >= 4 is 16.9 Å². The molecule has 0 aliphatic heterocycles. The first-order valence-corrected chi connectivity index (χ1v) is 4.87. The molecule has 6 nitrogen and oxygen atoms in total. The lowest BCUT2D eigenvalue weighted by molar-refractivity contribution is 0.0690. The van der Waals surface area contributed by atoms with Crippen LogP contribution in [0.25, 0.3) is 22.2 Å². The van der Waals surface area contributed by atoms with Gasteiger partial charge in [0.25, 0.3) is 0 Å². The van der Waals surface area contributed by atoms with Crippen molar-refractivity contribution in [2.45, 2.75) is 0 Å². The van der Waals surface area contributed by atoms with Crippen molar-refractivity contribution in [3.05, 3.63) is 36.2 Å². The summed E-state index contributed by atoms with van der Waals surface area (Å²) in [6.07, 6.45) is 1.62. The molecule has 0 bridgehead atoms. The van der Waals surface area contributed by atoms with Crippen LogP contribution in [0.3, 0.4) is 0 Å². The topological polar surface area (TPSA) is 92.0 Å². The highest BCUT2D eigenvalue weighted by Gasteiger charge is 2.10. The lowest BCUT2D eigenvalue weighted by Crippen LogP contribution is -1.95. The number of rotatable bonds is 2. The molecule has 3 aromatic rings. The number of carboxylic acid groups (broad SMARTS) is 1. The first kappa shape index (κ1) is 9.59. The van der Waals surface area contributed by atoms with Gasteiger partial charge in [-0.1, -0.05) is 11.2 Å². The fourth-order valence-corrected chi connectivity index (χ4v) is 1.60. The van der Waals surface area contributed by atoms with Gasteiger partial charge in [-0.25, -0.2) is 4.79 Å². The normalized spacial score (nSPS) is 10.8. The zero-order chi connectivity index (χ0) is 11.8. The van der Waals surface area contributed by atoms with Gasteiger partial charge < -0.3 is 9.63 Å². The number of carboxylic acids is 1. The van der Waals surface area contributed by atoms with Crippen molar-refractivity contribution in [1.82, 2.24) is 15.4 Å². The molecule has 3 rings (SSSR count). The molecule has 2 N–H and O–H groups in total. The van der Waals surface area contributed by atoms with Crippen LogP contribution in [0.2, 0.25) is 0 Å². The number of carbonyl (C=O) groups is 1. The Morgan fingerprint density at radius 2 is 2.24 bits per heavy atom. The number of hydrogen-bond acceptors (Lipinski definition) is 4. The molecule has 0 saturated heterocycles. The summed E-state index contributed by atoms with van der Waals surface area (Å²) in [6.45, 7) is 0. The summed E-state index contributed by atoms with van der Waals surface area (Å²) in [5, 5.41) is 19.7. The third-order valence-electron chi connectivity index (χ3n) is 2.46. The molecule has 0 aliphatic rings. The number of aromatic carboxylic acids is 1. The number of nitrogens with one attached hydrogen (secondary N) is 1. The van der Waals surface area contributed by atoms with Gasteiger partial charge >= 0.3 is 5.97 Å². The third-order valence-corrected chi connectivity index (χ3v) is 2.46. The van der Waals surface area contributed by atoms with Gasteiger partial charge in [0.1, 0.15) is 5.69 Å². The molecule has 0 atom stereocenters. The highest BCUT2D eigenvalue weighted by molar-refractivity contribution is 5.88. The van der Waals surface area contributed by atoms with E-state index in [-0.39, 0.29) is 5.69 Å². The van der Waals surface area contributed by atoms with Crippen LogP contribution in [0.5, 0.6) is 0 Å². The van der Waals surface area contributed by atoms with E-state index in [1.807, 2.05) is 12.1 Å². The summed E-state index contributed by atoms with van der Waals surface area (Å²) in [4.78, 5) is 10.7. The van der Waals surface area contributed by atoms with Crippen LogP contribution in [-0.4, -0.2) is 26.4 Å². The fourth-order valence-electron chi connectivity index (χ4n) is 1.60. The maximum absolute atomic E-state index is 10.7. The number of H-pyrrole nitrogens is 1. The second-order valence-electron chi connectivity index (χ2n) is 3.55. The van der Waals surface area contributed by atoms with Crippen molar-refractivity contribution in [1.29, 1.82) is 0 Å². The van der Waals surface area contributed by atoms with Gasteiger partial charge in [0.05, 0.1) is 11.9 Å². The average Bonchev–Trinajstić information content (AvgIpc) is 2.97. The van der Waals surface area contributed by atoms with Crippen LogP contribution < -0.4 is 0 Å². The second kappa shape index (κ2) is 3.44. The Morgan fingerprint density at radius 3 is 3.00 bits per heavy atom. The highest BCUT2D eigenvalue weighted by atomic mass is 16.5. The molecule has 2 aromatic heterocycles. The van der Waals surface area contributed by atoms with E-state index in [0.29, 0.717) is 11.3 Å². The lowest BCUT2D eigenvalue weighted by Gasteiger charge is -1.94. The Morgan fingerprint density at radius 1 is 1.35 bits per heavy atom. The maximum atomic E-state index is 10.7. The number of hydrogen-bond donors (Lipinski definition) is 2. The molecule has 6 heteroatoms. The SMILES string of the molecule is O=C(O)c1cc(-c2ccc3cnoc3c2)n[nH]1. The number of aromatic amines is 1. The molecule has 0 spiro atoms. The molecule has 0 amide bonds. The van der Waals surface area contributed by atoms with Crippen LogP contribution in [0.15, 0.2) is 35.0 Å². The Hall–Kier alpha value is -2.63. The summed E-state index contributed by atoms with van der Waals surface area (Å²) in [7, 11) is 0. The van der Waals surface area contributed by atoms with E-state index in [2.05, 4.69) is 15.4 Å². The minimum absolute atomic E-state index is 0.0534. The highest BCUT2D eigenvalue weighted by Crippen LogP contribution is 2.23. The molecule has 0 saturated carbocycles. The first-order valence-electron chi connectivity index (χ1n) is 4.87. The van der Waals surface area contributed by atoms with Crippen LogP contribution in [-0.2, 0) is 0 Å². The van der Waals surface area contributed by atoms with Gasteiger partial charge in [0.2, 0.25) is 0 Å². The predicted molar refractivity (Wildman–Crippen MR) is 58.6 cm³/mol. The molecule has 17 heavy (non-hydrogen) atoms. The maximum Gasteiger partial charge on any atom is 0.353 e. The summed E-state index contributed by atoms with van der Waals surface area (Å²) in [5.41, 5.74) is 2.03. The van der Waals surface area contributed by atoms with Gasteiger partial charge in [0.15, 0.2) is 5.58 Å². The number of fused-ring (bicyclic) bond motifs is 1. The van der Waals surface area contributed by atoms with E-state index in [4.69, 9.17) is 9.63 Å². The van der Waals surface area contributed by atoms with Gasteiger partial charge in [-0.15, -0.1) is 0 Å². The molecular formula is C11H7N3O3. The zero-order valence-electron chi connectivity index (χ0n) is 8.54. The molecule has 84 valence electrons. The summed E-state index contributed by atoms with van der Waals surface area (Å²) in [6, 6.07) is 6.92. The number of nitrogens with zero attached hydrogens (tertiary/aromatic N) is 2.